The van der Waals surface area contributed by atoms with Crippen LogP contribution in [0.15, 0.2) is 48.7 Å². The van der Waals surface area contributed by atoms with Gasteiger partial charge in [-0.1, -0.05) is 30.3 Å². The van der Waals surface area contributed by atoms with E-state index in [1.54, 1.807) is 36.1 Å². The number of thiophene rings is 1. The minimum atomic E-state index is -4.61. The standard InChI is InChI=1S/C27H26F3N5OS/c1-2-35-15-23(26(33-35)27(28,29)30)20-8-4-3-7-19(20)22-14-34(16-24-21(22)12-18(13-31)37-24)25(36)10-9-17-6-5-11-32-17/h3-4,7-10,12,15,17,22,32H,2,5-6,11,14,16H2,1H3/b10-9+/t17-,22+/m1/s1. The Hall–Kier alpha value is -3.42. The molecule has 37 heavy (non-hydrogen) atoms. The molecule has 6 nitrogen and oxygen atoms in total. The van der Waals surface area contributed by atoms with Gasteiger partial charge >= 0.3 is 6.18 Å². The van der Waals surface area contributed by atoms with E-state index in [4.69, 9.17) is 0 Å². The molecule has 2 aliphatic heterocycles. The van der Waals surface area contributed by atoms with Crippen LogP contribution in [-0.2, 0) is 24.1 Å². The third-order valence-corrected chi connectivity index (χ3v) is 7.97. The molecule has 1 N–H and O–H groups in total. The van der Waals surface area contributed by atoms with E-state index in [1.165, 1.54) is 22.2 Å². The molecule has 0 spiro atoms. The monoisotopic (exact) mass is 525 g/mol. The summed E-state index contributed by atoms with van der Waals surface area (Å²) in [4.78, 5) is 16.3. The summed E-state index contributed by atoms with van der Waals surface area (Å²) in [6, 6.07) is 11.1. The molecule has 0 aliphatic carbocycles. The minimum absolute atomic E-state index is 0.0119. The third-order valence-electron chi connectivity index (χ3n) is 6.93. The molecule has 3 aromatic rings. The maximum Gasteiger partial charge on any atom is 0.435 e. The van der Waals surface area contributed by atoms with Gasteiger partial charge in [0.05, 0.1) is 6.54 Å². The molecule has 1 fully saturated rings. The first-order chi connectivity index (χ1) is 17.8. The molecule has 0 radical (unpaired) electrons. The van der Waals surface area contributed by atoms with Gasteiger partial charge in [-0.15, -0.1) is 11.3 Å². The number of fused-ring (bicyclic) bond motifs is 1. The molecule has 0 saturated carbocycles. The van der Waals surface area contributed by atoms with Crippen LogP contribution in [-0.4, -0.2) is 39.7 Å². The van der Waals surface area contributed by atoms with Crippen LogP contribution in [0.3, 0.4) is 0 Å². The Morgan fingerprint density at radius 1 is 1.30 bits per heavy atom. The Morgan fingerprint density at radius 3 is 2.81 bits per heavy atom. The van der Waals surface area contributed by atoms with Crippen molar-refractivity contribution in [2.24, 2.45) is 0 Å². The second kappa shape index (κ2) is 10.1. The number of alkyl halides is 3. The highest BCUT2D eigenvalue weighted by Crippen LogP contribution is 2.44. The van der Waals surface area contributed by atoms with Crippen molar-refractivity contribution >= 4 is 17.2 Å². The number of carbonyl (C=O) groups excluding carboxylic acids is 1. The van der Waals surface area contributed by atoms with Gasteiger partial charge in [-0.25, -0.2) is 0 Å². The zero-order valence-corrected chi connectivity index (χ0v) is 21.1. The number of aryl methyl sites for hydroxylation is 1. The van der Waals surface area contributed by atoms with Gasteiger partial charge in [-0.2, -0.15) is 23.5 Å². The van der Waals surface area contributed by atoms with E-state index in [2.05, 4.69) is 16.5 Å². The third kappa shape index (κ3) is 5.06. The Bertz CT molecular complexity index is 1380. The molecule has 1 saturated heterocycles. The van der Waals surface area contributed by atoms with Gasteiger partial charge in [0.25, 0.3) is 0 Å². The number of amides is 1. The van der Waals surface area contributed by atoms with Crippen LogP contribution in [0.1, 0.15) is 52.3 Å². The van der Waals surface area contributed by atoms with Gasteiger partial charge in [0.2, 0.25) is 5.91 Å². The number of benzene rings is 1. The molecule has 2 aliphatic rings. The van der Waals surface area contributed by atoms with Gasteiger partial charge < -0.3 is 10.2 Å². The SMILES string of the molecule is CCn1cc(-c2ccccc2[C@@H]2CN(C(=O)/C=C/[C@H]3CCCN3)Cc3sc(C#N)cc32)c(C(F)(F)F)n1. The number of aromatic nitrogens is 2. The van der Waals surface area contributed by atoms with Crippen molar-refractivity contribution < 1.29 is 18.0 Å². The smallest absolute Gasteiger partial charge is 0.333 e. The summed E-state index contributed by atoms with van der Waals surface area (Å²) < 4.78 is 43.1. The summed E-state index contributed by atoms with van der Waals surface area (Å²) in [5.41, 5.74) is 1.07. The van der Waals surface area contributed by atoms with E-state index >= 15 is 0 Å². The zero-order chi connectivity index (χ0) is 26.2. The van der Waals surface area contributed by atoms with Crippen molar-refractivity contribution in [1.82, 2.24) is 20.0 Å². The van der Waals surface area contributed by atoms with Crippen LogP contribution in [0.25, 0.3) is 11.1 Å². The number of rotatable bonds is 5. The Kier molecular flexibility index (Phi) is 6.92. The van der Waals surface area contributed by atoms with E-state index in [0.717, 1.165) is 29.8 Å². The van der Waals surface area contributed by atoms with E-state index in [1.807, 2.05) is 18.2 Å². The van der Waals surface area contributed by atoms with Gasteiger partial charge in [0.15, 0.2) is 5.69 Å². The summed E-state index contributed by atoms with van der Waals surface area (Å²) in [6.07, 6.45) is 2.33. The lowest BCUT2D eigenvalue weighted by molar-refractivity contribution is -0.141. The summed E-state index contributed by atoms with van der Waals surface area (Å²) in [7, 11) is 0. The number of nitriles is 1. The van der Waals surface area contributed by atoms with Crippen LogP contribution in [0, 0.1) is 11.3 Å². The molecule has 192 valence electrons. The Labute approximate surface area is 217 Å². The fourth-order valence-corrected chi connectivity index (χ4v) is 6.16. The van der Waals surface area contributed by atoms with E-state index in [0.29, 0.717) is 35.6 Å². The first kappa shape index (κ1) is 25.2. The van der Waals surface area contributed by atoms with E-state index in [-0.39, 0.29) is 23.4 Å². The van der Waals surface area contributed by atoms with Crippen molar-refractivity contribution in [3.05, 3.63) is 75.3 Å². The van der Waals surface area contributed by atoms with Crippen molar-refractivity contribution in [2.45, 2.75) is 51.0 Å². The minimum Gasteiger partial charge on any atom is -0.333 e. The molecule has 4 heterocycles. The van der Waals surface area contributed by atoms with Crippen LogP contribution >= 0.6 is 11.3 Å². The number of nitrogens with one attached hydrogen (secondary N) is 1. The molecule has 1 amide bonds. The molecule has 2 aromatic heterocycles. The number of nitrogens with zero attached hydrogens (tertiary/aromatic N) is 4. The average Bonchev–Trinajstić information content (AvgIpc) is 3.65. The van der Waals surface area contributed by atoms with Crippen molar-refractivity contribution in [2.75, 3.05) is 13.1 Å². The normalized spacial score (nSPS) is 19.8. The molecular formula is C27H26F3N5OS. The van der Waals surface area contributed by atoms with E-state index in [9.17, 15) is 23.2 Å². The maximum atomic E-state index is 14.0. The number of hydrogen-bond acceptors (Lipinski definition) is 5. The highest BCUT2D eigenvalue weighted by Gasteiger charge is 2.39. The number of hydrogen-bond donors (Lipinski definition) is 1. The Morgan fingerprint density at radius 2 is 2.11 bits per heavy atom. The molecule has 10 heteroatoms. The topological polar surface area (TPSA) is 74.0 Å². The second-order valence-corrected chi connectivity index (χ2v) is 10.4. The lowest BCUT2D eigenvalue weighted by Crippen LogP contribution is -2.37. The summed E-state index contributed by atoms with van der Waals surface area (Å²) in [5, 5.41) is 16.7. The highest BCUT2D eigenvalue weighted by molar-refractivity contribution is 7.12. The molecule has 0 bridgehead atoms. The van der Waals surface area contributed by atoms with Crippen molar-refractivity contribution in [3.63, 3.8) is 0 Å². The second-order valence-electron chi connectivity index (χ2n) is 9.27. The first-order valence-corrected chi connectivity index (χ1v) is 13.1. The van der Waals surface area contributed by atoms with Crippen molar-refractivity contribution in [3.8, 4) is 17.2 Å². The lowest BCUT2D eigenvalue weighted by atomic mass is 9.83. The fourth-order valence-electron chi connectivity index (χ4n) is 5.12. The maximum absolute atomic E-state index is 14.0. The Balaban J connectivity index is 1.57. The number of carbonyl (C=O) groups is 1. The predicted molar refractivity (Wildman–Crippen MR) is 135 cm³/mol. The van der Waals surface area contributed by atoms with E-state index < -0.39 is 11.9 Å². The average molecular weight is 526 g/mol. The predicted octanol–water partition coefficient (Wildman–Crippen LogP) is 5.30. The van der Waals surface area contributed by atoms with Gasteiger partial charge in [0.1, 0.15) is 10.9 Å². The molecule has 5 rings (SSSR count). The first-order valence-electron chi connectivity index (χ1n) is 12.3. The van der Waals surface area contributed by atoms with Crippen molar-refractivity contribution in [1.29, 1.82) is 5.26 Å². The highest BCUT2D eigenvalue weighted by atomic mass is 32.1. The molecule has 0 unspecified atom stereocenters. The molecule has 2 atom stereocenters. The van der Waals surface area contributed by atoms with Crippen LogP contribution in [0.2, 0.25) is 0 Å². The zero-order valence-electron chi connectivity index (χ0n) is 20.3. The fraction of sp³-hybridized carbons (Fsp3) is 0.370. The van der Waals surface area contributed by atoms with Gasteiger partial charge in [0, 0.05) is 47.8 Å². The molecule has 1 aromatic carbocycles. The van der Waals surface area contributed by atoms with Crippen LogP contribution in [0.5, 0.6) is 0 Å². The quantitative estimate of drug-likeness (QED) is 0.459. The largest absolute Gasteiger partial charge is 0.435 e. The van der Waals surface area contributed by atoms with Crippen LogP contribution in [0.4, 0.5) is 13.2 Å². The summed E-state index contributed by atoms with van der Waals surface area (Å²) in [6.45, 7) is 3.64. The molecular weight excluding hydrogens is 499 g/mol. The van der Waals surface area contributed by atoms with Crippen LogP contribution < -0.4 is 5.32 Å². The van der Waals surface area contributed by atoms with Gasteiger partial charge in [-0.3, -0.25) is 9.48 Å². The summed E-state index contributed by atoms with van der Waals surface area (Å²) >= 11 is 1.33. The van der Waals surface area contributed by atoms with Gasteiger partial charge in [-0.05, 0) is 49.1 Å². The summed E-state index contributed by atoms with van der Waals surface area (Å²) in [5.74, 6) is -0.533. The number of halogens is 3. The lowest BCUT2D eigenvalue weighted by Gasteiger charge is -2.33.